The second-order valence-electron chi connectivity index (χ2n) is 3.02. The number of hydrogen-bond donors (Lipinski definition) is 4. The number of isothiocyanates is 2. The maximum atomic E-state index is 7.82. The molecule has 0 bridgehead atoms. The van der Waals surface area contributed by atoms with Gasteiger partial charge in [0.25, 0.3) is 0 Å². The molecule has 192 valence electrons. The summed E-state index contributed by atoms with van der Waals surface area (Å²) < 4.78 is 0. The summed E-state index contributed by atoms with van der Waals surface area (Å²) >= 11 is 17.2. The largest absolute Gasteiger partial charge is 1.00 e. The standard InChI is InChI=1S/2C3H4N3S.2C2H3NS.2C2H6O.2CHN2.4Na/c2*1-5-3(7)6-2-4;2*1-3-2-4;2*1-2-3;2*2-1-3;;;;/h2*1H3,(H,5,7);2*1H3;2*3H,2H2,1H3;2*2H;;;;/q2*-1;;;;;2*-1;4*+1. The van der Waals surface area contributed by atoms with E-state index in [4.69, 9.17) is 43.0 Å². The Hall–Kier alpha value is 0.640. The van der Waals surface area contributed by atoms with Crippen LogP contribution in [-0.2, 0) is 0 Å². The Morgan fingerprint density at radius 3 is 0.921 bits per heavy atom. The maximum Gasteiger partial charge on any atom is 1.00 e. The van der Waals surface area contributed by atoms with Crippen molar-refractivity contribution in [3.63, 3.8) is 0 Å². The van der Waals surface area contributed by atoms with E-state index in [0.717, 1.165) is 12.4 Å². The third-order valence-electron chi connectivity index (χ3n) is 0.913. The van der Waals surface area contributed by atoms with Gasteiger partial charge in [-0.05, 0) is 38.3 Å². The van der Waals surface area contributed by atoms with Crippen LogP contribution in [0.2, 0.25) is 0 Å². The number of nitrogens with one attached hydrogen (secondary N) is 4. The summed E-state index contributed by atoms with van der Waals surface area (Å²) in [6, 6.07) is 3.08. The van der Waals surface area contributed by atoms with Crippen LogP contribution in [0.25, 0.3) is 22.3 Å². The number of hydrogen-bond acceptors (Lipinski definition) is 10. The first kappa shape index (κ1) is 77.1. The van der Waals surface area contributed by atoms with E-state index in [1.54, 1.807) is 42.0 Å². The number of nitrogens with zero attached hydrogens (tertiary/aromatic N) is 8. The van der Waals surface area contributed by atoms with Crippen molar-refractivity contribution in [2.75, 3.05) is 41.4 Å². The van der Waals surface area contributed by atoms with E-state index in [2.05, 4.69) is 89.8 Å². The molecule has 0 aromatic rings. The minimum absolute atomic E-state index is 0. The van der Waals surface area contributed by atoms with Gasteiger partial charge >= 0.3 is 118 Å². The minimum atomic E-state index is 0. The van der Waals surface area contributed by atoms with Crippen LogP contribution in [0, 0.1) is 22.9 Å². The third-order valence-corrected chi connectivity index (χ3v) is 1.87. The molecule has 0 unspecified atom stereocenters. The molecule has 0 saturated carbocycles. The normalized spacial score (nSPS) is 4.58. The van der Waals surface area contributed by atoms with Gasteiger partial charge in [0.05, 0.1) is 20.5 Å². The Morgan fingerprint density at radius 1 is 0.763 bits per heavy atom. The molecule has 0 radical (unpaired) electrons. The fourth-order valence-corrected chi connectivity index (χ4v) is 0.284. The molecule has 0 atom stereocenters. The van der Waals surface area contributed by atoms with Crippen molar-refractivity contribution in [1.82, 2.24) is 10.6 Å². The molecule has 6 N–H and O–H groups in total. The van der Waals surface area contributed by atoms with Gasteiger partial charge in [-0.1, -0.05) is 36.8 Å². The Labute approximate surface area is 335 Å². The van der Waals surface area contributed by atoms with Crippen LogP contribution >= 0.6 is 48.9 Å². The van der Waals surface area contributed by atoms with Gasteiger partial charge in [-0.15, -0.1) is 12.0 Å². The summed E-state index contributed by atoms with van der Waals surface area (Å²) in [7, 11) is 6.41. The summed E-state index contributed by atoms with van der Waals surface area (Å²) in [5, 5.41) is 54.5. The predicted octanol–water partition coefficient (Wildman–Crippen LogP) is -9.04. The molecule has 0 saturated heterocycles. The molecule has 0 aliphatic rings. The van der Waals surface area contributed by atoms with Crippen molar-refractivity contribution in [1.29, 1.82) is 10.5 Å². The van der Waals surface area contributed by atoms with E-state index in [0.29, 0.717) is 0 Å². The average molecular weight is 641 g/mol. The summed E-state index contributed by atoms with van der Waals surface area (Å²) in [6.45, 7) is 3.86. The molecule has 14 nitrogen and oxygen atoms in total. The van der Waals surface area contributed by atoms with Gasteiger partial charge in [0.15, 0.2) is 0 Å². The molecule has 0 aromatic carbocycles. The first-order chi connectivity index (χ1) is 16.1. The number of aliphatic hydroxyl groups excluding tert-OH is 2. The van der Waals surface area contributed by atoms with E-state index >= 15 is 0 Å². The predicted molar refractivity (Wildman–Crippen MR) is 152 cm³/mol. The van der Waals surface area contributed by atoms with Crippen molar-refractivity contribution >= 4 is 81.4 Å². The van der Waals surface area contributed by atoms with Crippen LogP contribution in [-0.4, -0.2) is 84.2 Å². The molecule has 0 aliphatic heterocycles. The van der Waals surface area contributed by atoms with Crippen LogP contribution in [0.1, 0.15) is 13.8 Å². The van der Waals surface area contributed by atoms with Gasteiger partial charge in [0, 0.05) is 41.4 Å². The third kappa shape index (κ3) is 291. The van der Waals surface area contributed by atoms with E-state index < -0.39 is 0 Å². The van der Waals surface area contributed by atoms with Gasteiger partial charge in [-0.3, -0.25) is 0 Å². The Balaban J connectivity index is -0.0000000206. The number of aliphatic hydroxyl groups is 2. The SMILES string of the molecule is CCO.CCO.CN=C=S.CN=C=S.CNC(=S)N=C=[N-].CNC(=S)N=C=[N-].N#C[NH-].N#C[NH-].[Na+].[Na+].[Na+].[Na+]. The van der Waals surface area contributed by atoms with Crippen molar-refractivity contribution < 1.29 is 128 Å². The molecule has 0 fully saturated rings. The van der Waals surface area contributed by atoms with E-state index in [-0.39, 0.29) is 142 Å². The van der Waals surface area contributed by atoms with Crippen molar-refractivity contribution in [2.45, 2.75) is 13.8 Å². The molecule has 0 spiro atoms. The van der Waals surface area contributed by atoms with Crippen LogP contribution in [0.4, 0.5) is 0 Å². The second kappa shape index (κ2) is 119. The Bertz CT molecular complexity index is 656. The molecule has 0 rings (SSSR count). The Kier molecular flexibility index (Phi) is 241. The zero-order chi connectivity index (χ0) is 29.1. The van der Waals surface area contributed by atoms with Gasteiger partial charge in [0.1, 0.15) is 0 Å². The molecule has 22 heteroatoms. The average Bonchev–Trinajstić information content (AvgIpc) is 2.82. The maximum absolute atomic E-state index is 7.82. The molecule has 0 aromatic heterocycles. The quantitative estimate of drug-likeness (QED) is 0.0841. The summed E-state index contributed by atoms with van der Waals surface area (Å²) in [4.78, 5) is 12.9. The minimum Gasteiger partial charge on any atom is -0.494 e. The molecule has 38 heavy (non-hydrogen) atoms. The van der Waals surface area contributed by atoms with Gasteiger partial charge in [-0.2, -0.15) is 0 Å². The van der Waals surface area contributed by atoms with Gasteiger partial charge in [-0.25, -0.2) is 9.98 Å². The molecular weight excluding hydrogens is 612 g/mol. The molecule has 0 heterocycles. The van der Waals surface area contributed by atoms with Crippen LogP contribution < -0.4 is 129 Å². The molecule has 0 amide bonds. The van der Waals surface area contributed by atoms with Crippen LogP contribution in [0.3, 0.4) is 0 Å². The summed E-state index contributed by atoms with van der Waals surface area (Å²) in [6.07, 6.45) is 2.00. The first-order valence-corrected chi connectivity index (χ1v) is 9.63. The van der Waals surface area contributed by atoms with Crippen molar-refractivity contribution in [2.24, 2.45) is 20.0 Å². The second-order valence-corrected chi connectivity index (χ2v) is 4.16. The zero-order valence-corrected chi connectivity index (χ0v) is 34.8. The number of nitriles is 2. The van der Waals surface area contributed by atoms with Crippen LogP contribution in [0.15, 0.2) is 20.0 Å². The van der Waals surface area contributed by atoms with Crippen molar-refractivity contribution in [3.05, 3.63) is 22.3 Å². The van der Waals surface area contributed by atoms with E-state index in [9.17, 15) is 0 Å². The van der Waals surface area contributed by atoms with Gasteiger partial charge < -0.3 is 63.6 Å². The molecular formula is C16H28N12Na4O2S4. The first-order valence-electron chi connectivity index (χ1n) is 7.99. The van der Waals surface area contributed by atoms with Gasteiger partial charge in [0.2, 0.25) is 0 Å². The van der Waals surface area contributed by atoms with E-state index in [1.165, 1.54) is 12.0 Å². The topological polar surface area (TPSA) is 254 Å². The monoisotopic (exact) mass is 640 g/mol. The fraction of sp³-hybridized carbons (Fsp3) is 0.500. The fourth-order valence-electron chi connectivity index (χ4n) is 0.203. The zero-order valence-electron chi connectivity index (χ0n) is 23.5. The Morgan fingerprint density at radius 2 is 0.895 bits per heavy atom. The summed E-state index contributed by atoms with van der Waals surface area (Å²) in [5.74, 6) is 0. The van der Waals surface area contributed by atoms with Crippen LogP contribution in [0.5, 0.6) is 0 Å². The summed E-state index contributed by atoms with van der Waals surface area (Å²) in [5.41, 5.74) is 11.0. The number of aliphatic imine (C=N–C) groups is 4. The smallest absolute Gasteiger partial charge is 0.494 e. The van der Waals surface area contributed by atoms with Crippen molar-refractivity contribution in [3.8, 4) is 12.4 Å². The molecule has 0 aliphatic carbocycles. The number of thiocarbonyl (C=S) groups is 4. The number of rotatable bonds is 0. The van der Waals surface area contributed by atoms with E-state index in [1.807, 2.05) is 0 Å².